The van der Waals surface area contributed by atoms with Crippen LogP contribution in [0.4, 0.5) is 0 Å². The van der Waals surface area contributed by atoms with Crippen LogP contribution in [0.5, 0.6) is 0 Å². The molecule has 3 rings (SSSR count). The molecule has 0 bridgehead atoms. The molecule has 0 saturated carbocycles. The van der Waals surface area contributed by atoms with Gasteiger partial charge in [-0.05, 0) is 26.7 Å². The quantitative estimate of drug-likeness (QED) is 0.910. The molecule has 0 spiro atoms. The molecule has 1 aromatic heterocycles. The topological polar surface area (TPSA) is 91.2 Å². The first-order chi connectivity index (χ1) is 11.6. The molecule has 130 valence electrons. The number of carbonyl (C=O) groups excluding carboxylic acids is 1. The van der Waals surface area contributed by atoms with E-state index in [0.717, 1.165) is 24.1 Å². The molecule has 1 amide bonds. The number of amides is 1. The van der Waals surface area contributed by atoms with Gasteiger partial charge in [0.15, 0.2) is 5.69 Å². The van der Waals surface area contributed by atoms with Crippen molar-refractivity contribution >= 4 is 5.91 Å². The fraction of sp³-hybridized carbons (Fsp3) is 0.706. The highest BCUT2D eigenvalue weighted by atomic mass is 16.5. The number of nitriles is 1. The SMILES string of the molecule is C[C@@H]1Cc2c(C(=O)N(CCC#N)C3CCOCC3)n[nH]c2[C@H](C)O1. The molecule has 2 aliphatic rings. The summed E-state index contributed by atoms with van der Waals surface area (Å²) < 4.78 is 11.2. The summed E-state index contributed by atoms with van der Waals surface area (Å²) in [5.74, 6) is -0.0871. The van der Waals surface area contributed by atoms with Gasteiger partial charge in [0, 0.05) is 37.8 Å². The van der Waals surface area contributed by atoms with Gasteiger partial charge >= 0.3 is 0 Å². The minimum atomic E-state index is -0.0894. The molecular formula is C17H24N4O3. The van der Waals surface area contributed by atoms with Crippen molar-refractivity contribution in [3.63, 3.8) is 0 Å². The van der Waals surface area contributed by atoms with E-state index in [9.17, 15) is 4.79 Å². The molecule has 7 heteroatoms. The molecule has 1 N–H and O–H groups in total. The number of aromatic nitrogens is 2. The predicted molar refractivity (Wildman–Crippen MR) is 86.4 cm³/mol. The van der Waals surface area contributed by atoms with Gasteiger partial charge in [-0.1, -0.05) is 0 Å². The molecule has 0 radical (unpaired) electrons. The lowest BCUT2D eigenvalue weighted by Gasteiger charge is -2.34. The van der Waals surface area contributed by atoms with Gasteiger partial charge in [0.2, 0.25) is 0 Å². The maximum absolute atomic E-state index is 13.1. The maximum atomic E-state index is 13.1. The number of carbonyl (C=O) groups is 1. The highest BCUT2D eigenvalue weighted by Gasteiger charge is 2.33. The van der Waals surface area contributed by atoms with Crippen molar-refractivity contribution in [2.75, 3.05) is 19.8 Å². The van der Waals surface area contributed by atoms with Crippen LogP contribution in [-0.2, 0) is 15.9 Å². The number of hydrogen-bond donors (Lipinski definition) is 1. The van der Waals surface area contributed by atoms with E-state index in [1.807, 2.05) is 18.7 Å². The van der Waals surface area contributed by atoms with E-state index < -0.39 is 0 Å². The third kappa shape index (κ3) is 3.30. The Morgan fingerprint density at radius 1 is 1.42 bits per heavy atom. The minimum absolute atomic E-state index is 0.0623. The van der Waals surface area contributed by atoms with Gasteiger partial charge < -0.3 is 14.4 Å². The average Bonchev–Trinajstić information content (AvgIpc) is 3.00. The predicted octanol–water partition coefficient (Wildman–Crippen LogP) is 1.97. The zero-order valence-corrected chi connectivity index (χ0v) is 14.2. The highest BCUT2D eigenvalue weighted by molar-refractivity contribution is 5.94. The molecule has 2 aliphatic heterocycles. The zero-order valence-electron chi connectivity index (χ0n) is 14.2. The van der Waals surface area contributed by atoms with E-state index in [-0.39, 0.29) is 24.2 Å². The van der Waals surface area contributed by atoms with Crippen LogP contribution in [0.2, 0.25) is 0 Å². The van der Waals surface area contributed by atoms with Crippen molar-refractivity contribution in [1.82, 2.24) is 15.1 Å². The Morgan fingerprint density at radius 3 is 2.88 bits per heavy atom. The monoisotopic (exact) mass is 332 g/mol. The van der Waals surface area contributed by atoms with Gasteiger partial charge in [0.05, 0.1) is 30.4 Å². The lowest BCUT2D eigenvalue weighted by atomic mass is 9.98. The first kappa shape index (κ1) is 16.9. The van der Waals surface area contributed by atoms with Gasteiger partial charge in [0.25, 0.3) is 5.91 Å². The van der Waals surface area contributed by atoms with Crippen LogP contribution in [0.15, 0.2) is 0 Å². The lowest BCUT2D eigenvalue weighted by Crippen LogP contribution is -2.44. The first-order valence-corrected chi connectivity index (χ1v) is 8.60. The van der Waals surface area contributed by atoms with Crippen molar-refractivity contribution in [2.24, 2.45) is 0 Å². The molecule has 3 heterocycles. The van der Waals surface area contributed by atoms with Gasteiger partial charge in [-0.2, -0.15) is 10.4 Å². The van der Waals surface area contributed by atoms with E-state index >= 15 is 0 Å². The van der Waals surface area contributed by atoms with Crippen LogP contribution in [0, 0.1) is 11.3 Å². The summed E-state index contributed by atoms with van der Waals surface area (Å²) in [5, 5.41) is 16.2. The number of nitrogens with one attached hydrogen (secondary N) is 1. The van der Waals surface area contributed by atoms with E-state index in [0.29, 0.717) is 38.3 Å². The Bertz CT molecular complexity index is 630. The smallest absolute Gasteiger partial charge is 0.274 e. The number of nitrogens with zero attached hydrogens (tertiary/aromatic N) is 3. The van der Waals surface area contributed by atoms with E-state index in [1.54, 1.807) is 0 Å². The van der Waals surface area contributed by atoms with Gasteiger partial charge in [-0.15, -0.1) is 0 Å². The van der Waals surface area contributed by atoms with Crippen molar-refractivity contribution in [1.29, 1.82) is 5.26 Å². The van der Waals surface area contributed by atoms with Gasteiger partial charge in [-0.25, -0.2) is 0 Å². The third-order valence-electron chi connectivity index (χ3n) is 4.79. The number of aromatic amines is 1. The summed E-state index contributed by atoms with van der Waals surface area (Å²) >= 11 is 0. The van der Waals surface area contributed by atoms with E-state index in [2.05, 4.69) is 16.3 Å². The average molecular weight is 332 g/mol. The summed E-state index contributed by atoms with van der Waals surface area (Å²) in [4.78, 5) is 15.0. The third-order valence-corrected chi connectivity index (χ3v) is 4.79. The van der Waals surface area contributed by atoms with Crippen LogP contribution >= 0.6 is 0 Å². The number of rotatable bonds is 4. The second-order valence-corrected chi connectivity index (χ2v) is 6.51. The van der Waals surface area contributed by atoms with Crippen LogP contribution < -0.4 is 0 Å². The summed E-state index contributed by atoms with van der Waals surface area (Å²) in [6.07, 6.45) is 2.59. The number of hydrogen-bond acceptors (Lipinski definition) is 5. The number of ether oxygens (including phenoxy) is 2. The molecule has 1 aromatic rings. The van der Waals surface area contributed by atoms with Crippen LogP contribution in [0.3, 0.4) is 0 Å². The largest absolute Gasteiger partial charge is 0.381 e. The highest BCUT2D eigenvalue weighted by Crippen LogP contribution is 2.31. The summed E-state index contributed by atoms with van der Waals surface area (Å²) in [5.41, 5.74) is 2.33. The molecule has 1 fully saturated rings. The molecule has 0 aromatic carbocycles. The van der Waals surface area contributed by atoms with Crippen molar-refractivity contribution in [3.05, 3.63) is 17.0 Å². The minimum Gasteiger partial charge on any atom is -0.381 e. The standard InChI is InChI=1S/C17H24N4O3/c1-11-10-14-15(12(2)24-11)19-20-16(14)17(22)21(7-3-6-18)13-4-8-23-9-5-13/h11-13H,3-5,7-10H2,1-2H3,(H,19,20)/t11-,12+/m1/s1. The second-order valence-electron chi connectivity index (χ2n) is 6.51. The Hall–Kier alpha value is -1.91. The molecule has 0 aliphatic carbocycles. The zero-order chi connectivity index (χ0) is 17.1. The summed E-state index contributed by atoms with van der Waals surface area (Å²) in [7, 11) is 0. The van der Waals surface area contributed by atoms with Gasteiger partial charge in [-0.3, -0.25) is 9.89 Å². The van der Waals surface area contributed by atoms with Crippen LogP contribution in [0.1, 0.15) is 61.0 Å². The summed E-state index contributed by atoms with van der Waals surface area (Å²) in [6, 6.07) is 2.25. The van der Waals surface area contributed by atoms with E-state index in [4.69, 9.17) is 14.7 Å². The maximum Gasteiger partial charge on any atom is 0.274 e. The molecular weight excluding hydrogens is 308 g/mol. The lowest BCUT2D eigenvalue weighted by molar-refractivity contribution is -0.00709. The Kier molecular flexibility index (Phi) is 5.17. The second kappa shape index (κ2) is 7.32. The Balaban J connectivity index is 1.86. The van der Waals surface area contributed by atoms with E-state index in [1.165, 1.54) is 0 Å². The first-order valence-electron chi connectivity index (χ1n) is 8.60. The molecule has 0 unspecified atom stereocenters. The Labute approximate surface area is 141 Å². The van der Waals surface area contributed by atoms with Crippen LogP contribution in [-0.4, -0.2) is 52.9 Å². The van der Waals surface area contributed by atoms with Crippen molar-refractivity contribution < 1.29 is 14.3 Å². The molecule has 24 heavy (non-hydrogen) atoms. The van der Waals surface area contributed by atoms with Crippen LogP contribution in [0.25, 0.3) is 0 Å². The molecule has 1 saturated heterocycles. The number of fused-ring (bicyclic) bond motifs is 1. The fourth-order valence-corrected chi connectivity index (χ4v) is 3.60. The fourth-order valence-electron chi connectivity index (χ4n) is 3.60. The van der Waals surface area contributed by atoms with Gasteiger partial charge in [0.1, 0.15) is 0 Å². The normalized spacial score (nSPS) is 24.2. The molecule has 2 atom stereocenters. The summed E-state index contributed by atoms with van der Waals surface area (Å²) in [6.45, 7) is 5.71. The Morgan fingerprint density at radius 2 is 2.17 bits per heavy atom. The van der Waals surface area contributed by atoms with Crippen molar-refractivity contribution in [3.8, 4) is 6.07 Å². The van der Waals surface area contributed by atoms with Crippen molar-refractivity contribution in [2.45, 2.75) is 57.8 Å². The number of H-pyrrole nitrogens is 1. The molecule has 7 nitrogen and oxygen atoms in total.